The Hall–Kier alpha value is -3.94. The third-order valence-corrected chi connectivity index (χ3v) is 6.78. The zero-order chi connectivity index (χ0) is 23.7. The zero-order valence-corrected chi connectivity index (χ0v) is 18.6. The summed E-state index contributed by atoms with van der Waals surface area (Å²) >= 11 is 0. The Kier molecular flexibility index (Phi) is 5.88. The lowest BCUT2D eigenvalue weighted by Gasteiger charge is -2.49. The molecule has 2 atom stereocenters. The Balaban J connectivity index is 1.44. The fraction of sp³-hybridized carbons (Fsp3) is 0.269. The van der Waals surface area contributed by atoms with Crippen molar-refractivity contribution in [3.8, 4) is 0 Å². The van der Waals surface area contributed by atoms with Gasteiger partial charge >= 0.3 is 0 Å². The van der Waals surface area contributed by atoms with Gasteiger partial charge in [-0.15, -0.1) is 0 Å². The average Bonchev–Trinajstić information content (AvgIpc) is 2.87. The summed E-state index contributed by atoms with van der Waals surface area (Å²) in [7, 11) is 0. The van der Waals surface area contributed by atoms with E-state index in [4.69, 9.17) is 0 Å². The monoisotopic (exact) mass is 460 g/mol. The molecular formula is C26H25FN4O3. The quantitative estimate of drug-likeness (QED) is 0.461. The molecule has 0 saturated carbocycles. The van der Waals surface area contributed by atoms with Gasteiger partial charge in [-0.2, -0.15) is 0 Å². The van der Waals surface area contributed by atoms with Crippen LogP contribution >= 0.6 is 0 Å². The minimum Gasteiger partial charge on any atom is -0.368 e. The Bertz CT molecular complexity index is 1220. The number of non-ortho nitro benzene ring substituents is 1. The van der Waals surface area contributed by atoms with Gasteiger partial charge in [-0.25, -0.2) is 4.39 Å². The molecule has 5 rings (SSSR count). The van der Waals surface area contributed by atoms with Crippen LogP contribution in [-0.4, -0.2) is 36.5 Å². The molecule has 3 aromatic rings. The maximum Gasteiger partial charge on any atom is 0.269 e. The largest absolute Gasteiger partial charge is 0.368 e. The number of nitro benzene ring substituents is 1. The summed E-state index contributed by atoms with van der Waals surface area (Å²) in [5, 5.41) is 14.3. The predicted octanol–water partition coefficient (Wildman–Crippen LogP) is 3.92. The van der Waals surface area contributed by atoms with Crippen LogP contribution in [0.4, 0.5) is 21.5 Å². The Morgan fingerprint density at radius 2 is 1.82 bits per heavy atom. The second-order valence-corrected chi connectivity index (χ2v) is 8.73. The number of halogens is 1. The molecule has 8 heteroatoms. The molecule has 3 aromatic carbocycles. The van der Waals surface area contributed by atoms with Crippen molar-refractivity contribution in [1.29, 1.82) is 0 Å². The lowest BCUT2D eigenvalue weighted by molar-refractivity contribution is -0.384. The highest BCUT2D eigenvalue weighted by molar-refractivity contribution is 5.82. The van der Waals surface area contributed by atoms with Crippen LogP contribution in [-0.2, 0) is 17.8 Å². The second kappa shape index (κ2) is 9.13. The van der Waals surface area contributed by atoms with E-state index in [-0.39, 0.29) is 30.0 Å². The number of nitrogens with zero attached hydrogens (tertiary/aromatic N) is 3. The molecule has 2 aliphatic heterocycles. The molecule has 1 N–H and O–H groups in total. The van der Waals surface area contributed by atoms with Gasteiger partial charge in [-0.3, -0.25) is 14.9 Å². The molecule has 0 aromatic heterocycles. The molecule has 2 aliphatic rings. The zero-order valence-electron chi connectivity index (χ0n) is 18.6. The van der Waals surface area contributed by atoms with E-state index in [0.717, 1.165) is 23.5 Å². The maximum absolute atomic E-state index is 14.1. The van der Waals surface area contributed by atoms with Gasteiger partial charge in [0.1, 0.15) is 5.82 Å². The molecule has 0 spiro atoms. The van der Waals surface area contributed by atoms with Crippen LogP contribution in [0.3, 0.4) is 0 Å². The molecule has 7 nitrogen and oxygen atoms in total. The number of hydrogen-bond acceptors (Lipinski definition) is 5. The first kappa shape index (κ1) is 21.9. The van der Waals surface area contributed by atoms with Gasteiger partial charge in [0.2, 0.25) is 5.91 Å². The van der Waals surface area contributed by atoms with Crippen molar-refractivity contribution < 1.29 is 14.1 Å². The molecule has 174 valence electrons. The lowest BCUT2D eigenvalue weighted by Crippen LogP contribution is -2.61. The van der Waals surface area contributed by atoms with E-state index in [1.54, 1.807) is 30.3 Å². The SMILES string of the molecule is O=C(NCc1ccccc1F)[C@H]1Cc2cc([N+](=O)[O-])ccc2N2CCN(c3ccccc3)C[C@@H]12. The number of rotatable bonds is 5. The topological polar surface area (TPSA) is 78.7 Å². The van der Waals surface area contributed by atoms with Crippen LogP contribution in [0.1, 0.15) is 11.1 Å². The molecule has 1 fully saturated rings. The smallest absolute Gasteiger partial charge is 0.269 e. The Morgan fingerprint density at radius 1 is 1.06 bits per heavy atom. The van der Waals surface area contributed by atoms with Crippen LogP contribution < -0.4 is 15.1 Å². The number of nitrogens with one attached hydrogen (secondary N) is 1. The number of carbonyl (C=O) groups excluding carboxylic acids is 1. The average molecular weight is 461 g/mol. The van der Waals surface area contributed by atoms with E-state index >= 15 is 0 Å². The number of carbonyl (C=O) groups is 1. The minimum atomic E-state index is -0.423. The van der Waals surface area contributed by atoms with Crippen molar-refractivity contribution in [3.63, 3.8) is 0 Å². The van der Waals surface area contributed by atoms with Gasteiger partial charge in [-0.1, -0.05) is 36.4 Å². The van der Waals surface area contributed by atoms with Crippen LogP contribution in [0.15, 0.2) is 72.8 Å². The summed E-state index contributed by atoms with van der Waals surface area (Å²) in [5.41, 5.74) is 3.29. The van der Waals surface area contributed by atoms with E-state index in [1.165, 1.54) is 12.1 Å². The number of hydrogen-bond donors (Lipinski definition) is 1. The summed E-state index contributed by atoms with van der Waals surface area (Å²) in [6, 6.07) is 21.3. The maximum atomic E-state index is 14.1. The number of nitro groups is 1. The molecule has 0 bridgehead atoms. The summed E-state index contributed by atoms with van der Waals surface area (Å²) in [6.07, 6.45) is 0.393. The summed E-state index contributed by atoms with van der Waals surface area (Å²) in [4.78, 5) is 28.8. The predicted molar refractivity (Wildman–Crippen MR) is 128 cm³/mol. The Morgan fingerprint density at radius 3 is 2.59 bits per heavy atom. The first-order valence-electron chi connectivity index (χ1n) is 11.4. The van der Waals surface area contributed by atoms with Crippen LogP contribution in [0.25, 0.3) is 0 Å². The van der Waals surface area contributed by atoms with Gasteiger partial charge in [0.05, 0.1) is 16.9 Å². The van der Waals surface area contributed by atoms with E-state index in [0.29, 0.717) is 25.1 Å². The molecule has 1 amide bonds. The lowest BCUT2D eigenvalue weighted by atomic mass is 9.83. The molecule has 34 heavy (non-hydrogen) atoms. The minimum absolute atomic E-state index is 0.0191. The van der Waals surface area contributed by atoms with Gasteiger partial charge in [0.15, 0.2) is 0 Å². The molecule has 0 aliphatic carbocycles. The van der Waals surface area contributed by atoms with Crippen LogP contribution in [0.5, 0.6) is 0 Å². The van der Waals surface area contributed by atoms with Crippen molar-refractivity contribution in [2.75, 3.05) is 29.4 Å². The number of piperazine rings is 1. The third kappa shape index (κ3) is 4.19. The molecule has 2 heterocycles. The first-order chi connectivity index (χ1) is 16.5. The highest BCUT2D eigenvalue weighted by Gasteiger charge is 2.42. The van der Waals surface area contributed by atoms with Crippen molar-refractivity contribution in [1.82, 2.24) is 5.32 Å². The van der Waals surface area contributed by atoms with Crippen LogP contribution in [0.2, 0.25) is 0 Å². The first-order valence-corrected chi connectivity index (χ1v) is 11.4. The highest BCUT2D eigenvalue weighted by atomic mass is 19.1. The number of amides is 1. The number of para-hydroxylation sites is 1. The van der Waals surface area contributed by atoms with Gasteiger partial charge in [0, 0.05) is 55.2 Å². The number of fused-ring (bicyclic) bond motifs is 3. The van der Waals surface area contributed by atoms with Gasteiger partial charge in [-0.05, 0) is 36.2 Å². The summed E-state index contributed by atoms with van der Waals surface area (Å²) in [6.45, 7) is 2.22. The summed E-state index contributed by atoms with van der Waals surface area (Å²) in [5.74, 6) is -0.958. The second-order valence-electron chi connectivity index (χ2n) is 8.73. The van der Waals surface area contributed by atoms with Crippen molar-refractivity contribution in [2.45, 2.75) is 19.0 Å². The van der Waals surface area contributed by atoms with Crippen molar-refractivity contribution in [2.24, 2.45) is 5.92 Å². The fourth-order valence-corrected chi connectivity index (χ4v) is 5.05. The van der Waals surface area contributed by atoms with Crippen LogP contribution in [0, 0.1) is 21.8 Å². The Labute approximate surface area is 197 Å². The van der Waals surface area contributed by atoms with Gasteiger partial charge in [0.25, 0.3) is 5.69 Å². The van der Waals surface area contributed by atoms with Gasteiger partial charge < -0.3 is 15.1 Å². The van der Waals surface area contributed by atoms with Crippen molar-refractivity contribution in [3.05, 3.63) is 99.9 Å². The van der Waals surface area contributed by atoms with E-state index < -0.39 is 10.8 Å². The van der Waals surface area contributed by atoms with Crippen molar-refractivity contribution >= 4 is 23.0 Å². The molecule has 0 unspecified atom stereocenters. The van der Waals surface area contributed by atoms with E-state index in [1.807, 2.05) is 18.2 Å². The fourth-order valence-electron chi connectivity index (χ4n) is 5.05. The van der Waals surface area contributed by atoms with E-state index in [2.05, 4.69) is 27.2 Å². The number of benzene rings is 3. The third-order valence-electron chi connectivity index (χ3n) is 6.78. The molecule has 1 saturated heterocycles. The molecular weight excluding hydrogens is 435 g/mol. The highest BCUT2D eigenvalue weighted by Crippen LogP contribution is 2.38. The normalized spacial score (nSPS) is 19.2. The number of anilines is 2. The molecule has 0 radical (unpaired) electrons. The standard InChI is InChI=1S/C26H25FN4O3/c27-23-9-5-4-6-18(23)16-28-26(32)22-15-19-14-21(31(33)34)10-11-24(19)30-13-12-29(17-25(22)30)20-7-2-1-3-8-20/h1-11,14,22,25H,12-13,15-17H2,(H,28,32)/t22-,25-/m0/s1. The van der Waals surface area contributed by atoms with E-state index in [9.17, 15) is 19.3 Å². The summed E-state index contributed by atoms with van der Waals surface area (Å²) < 4.78 is 14.1.